The monoisotopic (exact) mass is 279 g/mol. The SMILES string of the molecule is Cc1cccc(S(=O)(=O)CCCCC(C)(C)C#N)c1. The molecule has 0 heterocycles. The standard InChI is InChI=1S/C15H21NO2S/c1-13-7-6-8-14(11-13)19(17,18)10-5-4-9-15(2,3)12-16/h6-8,11H,4-5,9-10H2,1-3H3. The summed E-state index contributed by atoms with van der Waals surface area (Å²) in [6.45, 7) is 5.64. The van der Waals surface area contributed by atoms with Gasteiger partial charge in [0.15, 0.2) is 9.84 Å². The highest BCUT2D eigenvalue weighted by atomic mass is 32.2. The van der Waals surface area contributed by atoms with Crippen LogP contribution < -0.4 is 0 Å². The van der Waals surface area contributed by atoms with Gasteiger partial charge >= 0.3 is 0 Å². The zero-order chi connectivity index (χ0) is 14.5. The molecule has 0 radical (unpaired) electrons. The van der Waals surface area contributed by atoms with Crippen LogP contribution in [-0.2, 0) is 9.84 Å². The summed E-state index contributed by atoms with van der Waals surface area (Å²) in [5.74, 6) is 0.151. The number of hydrogen-bond donors (Lipinski definition) is 0. The summed E-state index contributed by atoms with van der Waals surface area (Å²) >= 11 is 0. The maximum absolute atomic E-state index is 12.1. The second-order valence-electron chi connectivity index (χ2n) is 5.59. The Bertz CT molecular complexity index is 568. The highest BCUT2D eigenvalue weighted by Gasteiger charge is 2.18. The predicted molar refractivity (Wildman–Crippen MR) is 76.5 cm³/mol. The third kappa shape index (κ3) is 5.04. The number of sulfone groups is 1. The molecule has 3 nitrogen and oxygen atoms in total. The van der Waals surface area contributed by atoms with Crippen LogP contribution in [-0.4, -0.2) is 14.2 Å². The molecule has 0 aliphatic rings. The van der Waals surface area contributed by atoms with Crippen LogP contribution >= 0.6 is 0 Å². The van der Waals surface area contributed by atoms with Crippen molar-refractivity contribution in [1.82, 2.24) is 0 Å². The lowest BCUT2D eigenvalue weighted by atomic mass is 9.89. The topological polar surface area (TPSA) is 57.9 Å². The Morgan fingerprint density at radius 2 is 1.95 bits per heavy atom. The van der Waals surface area contributed by atoms with E-state index in [2.05, 4.69) is 6.07 Å². The average Bonchev–Trinajstić information content (AvgIpc) is 2.35. The van der Waals surface area contributed by atoms with Crippen molar-refractivity contribution in [2.24, 2.45) is 5.41 Å². The number of hydrogen-bond acceptors (Lipinski definition) is 3. The van der Waals surface area contributed by atoms with Gasteiger partial charge in [0.2, 0.25) is 0 Å². The number of nitrogens with zero attached hydrogens (tertiary/aromatic N) is 1. The molecule has 104 valence electrons. The summed E-state index contributed by atoms with van der Waals surface area (Å²) in [5.41, 5.74) is 0.583. The number of nitriles is 1. The Kier molecular flexibility index (Phi) is 5.13. The van der Waals surface area contributed by atoms with E-state index in [-0.39, 0.29) is 11.2 Å². The first-order chi connectivity index (χ1) is 8.77. The normalized spacial score (nSPS) is 12.1. The average molecular weight is 279 g/mol. The maximum atomic E-state index is 12.1. The Morgan fingerprint density at radius 1 is 1.26 bits per heavy atom. The molecular formula is C15H21NO2S. The molecule has 0 aromatic heterocycles. The summed E-state index contributed by atoms with van der Waals surface area (Å²) in [5, 5.41) is 8.89. The molecule has 1 aromatic rings. The molecule has 0 spiro atoms. The first-order valence-corrected chi connectivity index (χ1v) is 8.13. The van der Waals surface area contributed by atoms with Gasteiger partial charge in [-0.2, -0.15) is 5.26 Å². The first-order valence-electron chi connectivity index (χ1n) is 6.47. The van der Waals surface area contributed by atoms with Gasteiger partial charge in [0.1, 0.15) is 0 Å². The van der Waals surface area contributed by atoms with E-state index in [0.29, 0.717) is 11.3 Å². The van der Waals surface area contributed by atoms with E-state index in [1.807, 2.05) is 26.8 Å². The van der Waals surface area contributed by atoms with E-state index in [0.717, 1.165) is 18.4 Å². The molecule has 4 heteroatoms. The number of aryl methyl sites for hydroxylation is 1. The summed E-state index contributed by atoms with van der Waals surface area (Å²) in [6, 6.07) is 9.22. The van der Waals surface area contributed by atoms with Crippen molar-refractivity contribution < 1.29 is 8.42 Å². The van der Waals surface area contributed by atoms with Gasteiger partial charge in [-0.05, 0) is 51.3 Å². The van der Waals surface area contributed by atoms with Crippen LogP contribution in [0.3, 0.4) is 0 Å². The molecular weight excluding hydrogens is 258 g/mol. The molecule has 0 amide bonds. The Labute approximate surface area is 116 Å². The molecule has 0 bridgehead atoms. The molecule has 19 heavy (non-hydrogen) atoms. The number of unbranched alkanes of at least 4 members (excludes halogenated alkanes) is 1. The van der Waals surface area contributed by atoms with Gasteiger partial charge in [-0.1, -0.05) is 18.6 Å². The predicted octanol–water partition coefficient (Wildman–Crippen LogP) is 3.49. The maximum Gasteiger partial charge on any atom is 0.178 e. The molecule has 0 unspecified atom stereocenters. The van der Waals surface area contributed by atoms with Crippen molar-refractivity contribution in [3.63, 3.8) is 0 Å². The quantitative estimate of drug-likeness (QED) is 0.749. The fraction of sp³-hybridized carbons (Fsp3) is 0.533. The smallest absolute Gasteiger partial charge is 0.178 e. The lowest BCUT2D eigenvalue weighted by molar-refractivity contribution is 0.431. The highest BCUT2D eigenvalue weighted by molar-refractivity contribution is 7.91. The lowest BCUT2D eigenvalue weighted by Crippen LogP contribution is -2.10. The molecule has 0 fully saturated rings. The summed E-state index contributed by atoms with van der Waals surface area (Å²) in [4.78, 5) is 0.395. The van der Waals surface area contributed by atoms with Gasteiger partial charge in [0.05, 0.1) is 22.1 Å². The Balaban J connectivity index is 2.56. The zero-order valence-corrected chi connectivity index (χ0v) is 12.6. The number of rotatable bonds is 6. The van der Waals surface area contributed by atoms with Gasteiger partial charge in [0, 0.05) is 0 Å². The summed E-state index contributed by atoms with van der Waals surface area (Å²) in [6.07, 6.45) is 2.08. The molecule has 1 aromatic carbocycles. The van der Waals surface area contributed by atoms with Crippen molar-refractivity contribution in [3.05, 3.63) is 29.8 Å². The van der Waals surface area contributed by atoms with Crippen molar-refractivity contribution in [3.8, 4) is 6.07 Å². The largest absolute Gasteiger partial charge is 0.224 e. The first kappa shape index (κ1) is 15.7. The zero-order valence-electron chi connectivity index (χ0n) is 11.8. The van der Waals surface area contributed by atoms with E-state index in [9.17, 15) is 8.42 Å². The minimum atomic E-state index is -3.19. The molecule has 0 saturated carbocycles. The van der Waals surface area contributed by atoms with E-state index in [1.54, 1.807) is 18.2 Å². The van der Waals surface area contributed by atoms with Gasteiger partial charge in [-0.25, -0.2) is 8.42 Å². The van der Waals surface area contributed by atoms with E-state index in [4.69, 9.17) is 5.26 Å². The van der Waals surface area contributed by atoms with Crippen LogP contribution in [0.4, 0.5) is 0 Å². The van der Waals surface area contributed by atoms with Gasteiger partial charge in [-0.3, -0.25) is 0 Å². The molecule has 0 atom stereocenters. The van der Waals surface area contributed by atoms with Gasteiger partial charge in [0.25, 0.3) is 0 Å². The van der Waals surface area contributed by atoms with E-state index in [1.165, 1.54) is 0 Å². The van der Waals surface area contributed by atoms with Crippen LogP contribution in [0.25, 0.3) is 0 Å². The van der Waals surface area contributed by atoms with Gasteiger partial charge in [-0.15, -0.1) is 0 Å². The van der Waals surface area contributed by atoms with Crippen LogP contribution in [0.5, 0.6) is 0 Å². The van der Waals surface area contributed by atoms with E-state index >= 15 is 0 Å². The van der Waals surface area contributed by atoms with Crippen molar-refractivity contribution >= 4 is 9.84 Å². The third-order valence-corrected chi connectivity index (χ3v) is 4.91. The molecule has 1 rings (SSSR count). The fourth-order valence-corrected chi connectivity index (χ4v) is 3.31. The molecule has 0 aliphatic carbocycles. The van der Waals surface area contributed by atoms with Crippen molar-refractivity contribution in [2.75, 3.05) is 5.75 Å². The third-order valence-electron chi connectivity index (χ3n) is 3.12. The van der Waals surface area contributed by atoms with Crippen LogP contribution in [0.15, 0.2) is 29.2 Å². The van der Waals surface area contributed by atoms with Crippen LogP contribution in [0.1, 0.15) is 38.7 Å². The number of benzene rings is 1. The second-order valence-corrected chi connectivity index (χ2v) is 7.70. The van der Waals surface area contributed by atoms with Gasteiger partial charge < -0.3 is 0 Å². The Morgan fingerprint density at radius 3 is 2.53 bits per heavy atom. The minimum absolute atomic E-state index is 0.151. The highest BCUT2D eigenvalue weighted by Crippen LogP contribution is 2.22. The molecule has 0 saturated heterocycles. The van der Waals surface area contributed by atoms with Crippen LogP contribution in [0.2, 0.25) is 0 Å². The minimum Gasteiger partial charge on any atom is -0.224 e. The van der Waals surface area contributed by atoms with Crippen molar-refractivity contribution in [1.29, 1.82) is 5.26 Å². The molecule has 0 N–H and O–H groups in total. The summed E-state index contributed by atoms with van der Waals surface area (Å²) < 4.78 is 24.2. The second kappa shape index (κ2) is 6.21. The van der Waals surface area contributed by atoms with E-state index < -0.39 is 9.84 Å². The Hall–Kier alpha value is -1.34. The van der Waals surface area contributed by atoms with Crippen LogP contribution in [0, 0.1) is 23.7 Å². The summed E-state index contributed by atoms with van der Waals surface area (Å²) in [7, 11) is -3.19. The fourth-order valence-electron chi connectivity index (χ4n) is 1.84. The molecule has 0 aliphatic heterocycles. The lowest BCUT2D eigenvalue weighted by Gasteiger charge is -2.14. The van der Waals surface area contributed by atoms with Crippen molar-refractivity contribution in [2.45, 2.75) is 44.9 Å².